The maximum Gasteiger partial charge on any atom is 0.349 e. The summed E-state index contributed by atoms with van der Waals surface area (Å²) in [7, 11) is -4.51. The van der Waals surface area contributed by atoms with Crippen molar-refractivity contribution in [3.8, 4) is 0 Å². The Morgan fingerprint density at radius 3 is 2.52 bits per heavy atom. The van der Waals surface area contributed by atoms with E-state index < -0.39 is 29.5 Å². The number of nitro benzene ring substituents is 1. The highest BCUT2D eigenvalue weighted by Gasteiger charge is 2.14. The van der Waals surface area contributed by atoms with Crippen LogP contribution in [-0.2, 0) is 15.9 Å². The van der Waals surface area contributed by atoms with Crippen LogP contribution in [-0.4, -0.2) is 30.6 Å². The predicted octanol–water partition coefficient (Wildman–Crippen LogP) is -0.568. The first-order valence-electron chi connectivity index (χ1n) is 6.53. The van der Waals surface area contributed by atoms with Gasteiger partial charge in [-0.1, -0.05) is 0 Å². The Balaban J connectivity index is 2.40. The zero-order valence-corrected chi connectivity index (χ0v) is 13.1. The molecule has 0 unspecified atom stereocenters. The summed E-state index contributed by atoms with van der Waals surface area (Å²) in [6, 6.07) is 2.13. The van der Waals surface area contributed by atoms with E-state index >= 15 is 0 Å². The largest absolute Gasteiger partial charge is 0.349 e. The number of rotatable bonds is 5. The minimum atomic E-state index is -4.51. The number of carbonyl (C=O) groups excluding carboxylic acids is 1. The van der Waals surface area contributed by atoms with Gasteiger partial charge in [0.15, 0.2) is 0 Å². The molecule has 25 heavy (non-hydrogen) atoms. The van der Waals surface area contributed by atoms with Gasteiger partial charge in [-0.25, -0.2) is 0 Å². The van der Waals surface area contributed by atoms with Crippen molar-refractivity contribution in [3.05, 3.63) is 60.4 Å². The van der Waals surface area contributed by atoms with Gasteiger partial charge in [0.1, 0.15) is 0 Å². The van der Waals surface area contributed by atoms with E-state index in [-0.39, 0.29) is 28.8 Å². The summed E-state index contributed by atoms with van der Waals surface area (Å²) in [4.78, 5) is 66.3. The zero-order valence-electron chi connectivity index (χ0n) is 12.3. The first kappa shape index (κ1) is 18.3. The topological polar surface area (TPSA) is 195 Å². The van der Waals surface area contributed by atoms with Gasteiger partial charge >= 0.3 is 18.7 Å². The number of non-ortho nitro benzene ring substituents is 1. The van der Waals surface area contributed by atoms with Crippen LogP contribution in [0, 0.1) is 10.1 Å². The molecule has 0 atom stereocenters. The summed E-state index contributed by atoms with van der Waals surface area (Å²) in [5, 5.41) is 13.2. The maximum absolute atomic E-state index is 11.5. The summed E-state index contributed by atoms with van der Waals surface area (Å²) in [6.45, 7) is -0.301. The van der Waals surface area contributed by atoms with Gasteiger partial charge in [-0.05, 0) is 0 Å². The minimum Gasteiger partial charge on any atom is -0.348 e. The SMILES string of the molecule is O=C(/C=C/P(=O)(O)O)NCc1cc([N+](=O)[O-])cc2[nH]c(=O)c(=O)[nH]c12. The summed E-state index contributed by atoms with van der Waals surface area (Å²) < 4.78 is 10.7. The normalized spacial score (nSPS) is 11.8. The average molecular weight is 370 g/mol. The molecule has 1 aromatic heterocycles. The lowest BCUT2D eigenvalue weighted by Crippen LogP contribution is -2.30. The van der Waals surface area contributed by atoms with Gasteiger partial charge in [-0.2, -0.15) is 0 Å². The number of nitrogens with zero attached hydrogens (tertiary/aromatic N) is 1. The van der Waals surface area contributed by atoms with Crippen molar-refractivity contribution >= 4 is 30.2 Å². The van der Waals surface area contributed by atoms with E-state index in [1.807, 2.05) is 0 Å². The molecule has 0 aliphatic heterocycles. The number of carbonyl (C=O) groups is 1. The lowest BCUT2D eigenvalue weighted by molar-refractivity contribution is -0.384. The number of nitrogens with one attached hydrogen (secondary N) is 3. The van der Waals surface area contributed by atoms with Crippen LogP contribution in [0.1, 0.15) is 5.56 Å². The lowest BCUT2D eigenvalue weighted by Gasteiger charge is -2.07. The van der Waals surface area contributed by atoms with Crippen molar-refractivity contribution in [1.82, 2.24) is 15.3 Å². The third-order valence-electron chi connectivity index (χ3n) is 2.98. The number of nitro groups is 1. The predicted molar refractivity (Wildman–Crippen MR) is 84.9 cm³/mol. The second-order valence-corrected chi connectivity index (χ2v) is 6.29. The molecular formula is C12H11N4O8P. The second-order valence-electron chi connectivity index (χ2n) is 4.82. The number of hydrogen-bond donors (Lipinski definition) is 5. The van der Waals surface area contributed by atoms with Crippen LogP contribution in [0.5, 0.6) is 0 Å². The molecule has 1 aromatic carbocycles. The van der Waals surface area contributed by atoms with E-state index in [0.717, 1.165) is 12.1 Å². The molecule has 0 radical (unpaired) electrons. The highest BCUT2D eigenvalue weighted by Crippen LogP contribution is 2.35. The first-order chi connectivity index (χ1) is 11.6. The monoisotopic (exact) mass is 370 g/mol. The molecular weight excluding hydrogens is 359 g/mol. The Bertz CT molecular complexity index is 1050. The van der Waals surface area contributed by atoms with E-state index in [4.69, 9.17) is 9.79 Å². The van der Waals surface area contributed by atoms with Gasteiger partial charge in [0, 0.05) is 36.1 Å². The van der Waals surface area contributed by atoms with Gasteiger partial charge in [-0.3, -0.25) is 29.1 Å². The Kier molecular flexibility index (Phi) is 4.97. The molecule has 1 amide bonds. The smallest absolute Gasteiger partial charge is 0.348 e. The molecule has 2 rings (SSSR count). The number of hydrogen-bond acceptors (Lipinski definition) is 6. The van der Waals surface area contributed by atoms with Gasteiger partial charge < -0.3 is 25.1 Å². The lowest BCUT2D eigenvalue weighted by atomic mass is 10.1. The molecule has 0 bridgehead atoms. The third-order valence-corrected chi connectivity index (χ3v) is 3.52. The van der Waals surface area contributed by atoms with Crippen LogP contribution < -0.4 is 16.4 Å². The molecule has 1 heterocycles. The number of aromatic nitrogens is 2. The van der Waals surface area contributed by atoms with Crippen LogP contribution in [0.4, 0.5) is 5.69 Å². The third kappa shape index (κ3) is 4.70. The van der Waals surface area contributed by atoms with E-state index in [2.05, 4.69) is 15.3 Å². The van der Waals surface area contributed by atoms with Gasteiger partial charge in [0.2, 0.25) is 5.91 Å². The molecule has 132 valence electrons. The fourth-order valence-electron chi connectivity index (χ4n) is 1.93. The molecule has 0 fully saturated rings. The fourth-order valence-corrected chi connectivity index (χ4v) is 2.26. The molecule has 0 aliphatic carbocycles. The van der Waals surface area contributed by atoms with E-state index in [0.29, 0.717) is 11.9 Å². The number of H-pyrrole nitrogens is 2. The number of benzene rings is 1. The van der Waals surface area contributed by atoms with Gasteiger partial charge in [-0.15, -0.1) is 0 Å². The highest BCUT2D eigenvalue weighted by molar-refractivity contribution is 7.55. The molecule has 0 saturated heterocycles. The highest BCUT2D eigenvalue weighted by atomic mass is 31.2. The Hall–Kier alpha value is -3.08. The minimum absolute atomic E-state index is 0.00573. The van der Waals surface area contributed by atoms with Crippen molar-refractivity contribution in [2.75, 3.05) is 0 Å². The standard InChI is InChI=1S/C12H11N4O8P/c17-9(1-2-25(22,23)24)13-5-6-3-7(16(20)21)4-8-10(6)15-12(19)11(18)14-8/h1-4H,5H2,(H,13,17)(H,14,18)(H,15,19)(H2,22,23,24)/b2-1+. The van der Waals surface area contributed by atoms with Crippen LogP contribution in [0.15, 0.2) is 33.6 Å². The molecule has 0 aliphatic rings. The summed E-state index contributed by atoms with van der Waals surface area (Å²) >= 11 is 0. The van der Waals surface area contributed by atoms with E-state index in [1.54, 1.807) is 0 Å². The van der Waals surface area contributed by atoms with Gasteiger partial charge in [0.25, 0.3) is 5.69 Å². The fraction of sp³-hybridized carbons (Fsp3) is 0.0833. The van der Waals surface area contributed by atoms with Crippen molar-refractivity contribution in [2.24, 2.45) is 0 Å². The van der Waals surface area contributed by atoms with Crippen molar-refractivity contribution in [3.63, 3.8) is 0 Å². The average Bonchev–Trinajstić information content (AvgIpc) is 2.51. The molecule has 2 aromatic rings. The number of amides is 1. The summed E-state index contributed by atoms with van der Waals surface area (Å²) in [5.41, 5.74) is -2.16. The Morgan fingerprint density at radius 2 is 1.92 bits per heavy atom. The van der Waals surface area contributed by atoms with Crippen molar-refractivity contribution in [2.45, 2.75) is 6.54 Å². The molecule has 0 saturated carbocycles. The van der Waals surface area contributed by atoms with E-state index in [1.165, 1.54) is 0 Å². The second kappa shape index (κ2) is 6.81. The molecule has 5 N–H and O–H groups in total. The van der Waals surface area contributed by atoms with Crippen LogP contribution in [0.25, 0.3) is 11.0 Å². The maximum atomic E-state index is 11.5. The Morgan fingerprint density at radius 1 is 1.28 bits per heavy atom. The number of fused-ring (bicyclic) bond motifs is 1. The van der Waals surface area contributed by atoms with Crippen LogP contribution >= 0.6 is 7.60 Å². The Labute approximate surface area is 137 Å². The number of aromatic amines is 2. The van der Waals surface area contributed by atoms with Crippen molar-refractivity contribution < 1.29 is 24.1 Å². The summed E-state index contributed by atoms with van der Waals surface area (Å²) in [5.74, 6) is -0.470. The zero-order chi connectivity index (χ0) is 18.8. The molecule has 0 spiro atoms. The van der Waals surface area contributed by atoms with Gasteiger partial charge in [0.05, 0.1) is 16.0 Å². The molecule has 13 heteroatoms. The van der Waals surface area contributed by atoms with Crippen molar-refractivity contribution in [1.29, 1.82) is 0 Å². The quantitative estimate of drug-likeness (QED) is 0.152. The first-order valence-corrected chi connectivity index (χ1v) is 8.21. The van der Waals surface area contributed by atoms with Crippen LogP contribution in [0.3, 0.4) is 0 Å². The molecule has 12 nitrogen and oxygen atoms in total. The van der Waals surface area contributed by atoms with E-state index in [9.17, 15) is 29.1 Å². The summed E-state index contributed by atoms with van der Waals surface area (Å²) in [6.07, 6.45) is 0.616. The van der Waals surface area contributed by atoms with Crippen LogP contribution in [0.2, 0.25) is 0 Å².